The molecule has 0 radical (unpaired) electrons. The number of aromatic nitrogens is 2. The lowest BCUT2D eigenvalue weighted by molar-refractivity contribution is -0.147. The van der Waals surface area contributed by atoms with Gasteiger partial charge in [-0.2, -0.15) is 4.98 Å². The van der Waals surface area contributed by atoms with Crippen molar-refractivity contribution in [1.82, 2.24) is 14.9 Å². The Morgan fingerprint density at radius 2 is 1.89 bits per heavy atom. The number of hydrogen-bond acceptors (Lipinski definition) is 5. The van der Waals surface area contributed by atoms with E-state index in [9.17, 15) is 4.79 Å². The molecule has 0 unspecified atom stereocenters. The number of carbonyl (C=O) groups excluding carboxylic acids is 1. The molecule has 0 aliphatic carbocycles. The minimum Gasteiger partial charge on any atom is -0.474 e. The first-order valence-electron chi connectivity index (χ1n) is 9.54. The molecule has 1 atom stereocenters. The van der Waals surface area contributed by atoms with Crippen molar-refractivity contribution in [2.45, 2.75) is 51.9 Å². The summed E-state index contributed by atoms with van der Waals surface area (Å²) in [7, 11) is 0. The summed E-state index contributed by atoms with van der Waals surface area (Å²) in [6, 6.07) is 10.0. The van der Waals surface area contributed by atoms with Crippen LogP contribution in [0.15, 0.2) is 30.3 Å². The number of likely N-dealkylation sites (tertiary alicyclic amines) is 1. The molecule has 1 amide bonds. The van der Waals surface area contributed by atoms with Crippen LogP contribution in [0.3, 0.4) is 0 Å². The van der Waals surface area contributed by atoms with Crippen molar-refractivity contribution in [2.75, 3.05) is 13.1 Å². The second-order valence-electron chi connectivity index (χ2n) is 7.31. The average Bonchev–Trinajstić information content (AvgIpc) is 2.67. The maximum atomic E-state index is 12.9. The third kappa shape index (κ3) is 4.11. The quantitative estimate of drug-likeness (QED) is 0.834. The Hall–Kier alpha value is -2.47. The zero-order chi connectivity index (χ0) is 18.8. The molecule has 0 bridgehead atoms. The van der Waals surface area contributed by atoms with Gasteiger partial charge in [-0.1, -0.05) is 24.3 Å². The van der Waals surface area contributed by atoms with E-state index < -0.39 is 0 Å². The smallest absolute Gasteiger partial charge is 0.252 e. The average molecular weight is 367 g/mol. The van der Waals surface area contributed by atoms with Gasteiger partial charge in [0.25, 0.3) is 5.91 Å². The van der Waals surface area contributed by atoms with Crippen LogP contribution in [0, 0.1) is 13.8 Å². The van der Waals surface area contributed by atoms with Crippen molar-refractivity contribution in [3.05, 3.63) is 53.0 Å². The third-order valence-corrected chi connectivity index (χ3v) is 5.22. The summed E-state index contributed by atoms with van der Waals surface area (Å²) in [5.41, 5.74) is 3.30. The lowest BCUT2D eigenvalue weighted by Gasteiger charge is -2.35. The van der Waals surface area contributed by atoms with Crippen LogP contribution in [-0.4, -0.2) is 46.1 Å². The normalized spacial score (nSPS) is 20.2. The van der Waals surface area contributed by atoms with Gasteiger partial charge >= 0.3 is 0 Å². The molecule has 142 valence electrons. The van der Waals surface area contributed by atoms with E-state index in [1.807, 2.05) is 36.9 Å². The Bertz CT molecular complexity index is 811. The number of piperidine rings is 1. The van der Waals surface area contributed by atoms with E-state index in [1.54, 1.807) is 0 Å². The molecule has 6 heteroatoms. The van der Waals surface area contributed by atoms with Crippen LogP contribution in [0.1, 0.15) is 35.5 Å². The number of benzene rings is 1. The maximum absolute atomic E-state index is 12.9. The third-order valence-electron chi connectivity index (χ3n) is 5.22. The molecule has 2 aliphatic rings. The number of amides is 1. The number of carbonyl (C=O) groups is 1. The minimum atomic E-state index is -0.371. The molecular weight excluding hydrogens is 342 g/mol. The second kappa shape index (κ2) is 7.64. The summed E-state index contributed by atoms with van der Waals surface area (Å²) in [4.78, 5) is 23.4. The fourth-order valence-electron chi connectivity index (χ4n) is 3.82. The van der Waals surface area contributed by atoms with Crippen LogP contribution in [0.5, 0.6) is 5.88 Å². The summed E-state index contributed by atoms with van der Waals surface area (Å²) >= 11 is 0. The van der Waals surface area contributed by atoms with Crippen molar-refractivity contribution >= 4 is 5.91 Å². The summed E-state index contributed by atoms with van der Waals surface area (Å²) in [6.07, 6.45) is 1.97. The standard InChI is InChI=1S/C21H25N3O3/c1-14-11-20(23-15(2)22-14)27-18-7-9-24(10-8-18)21(25)19-12-16-5-3-4-6-17(16)13-26-19/h3-6,11,18-19H,7-10,12-13H2,1-2H3/t19-/m1/s1. The van der Waals surface area contributed by atoms with Crippen LogP contribution >= 0.6 is 0 Å². The molecule has 3 heterocycles. The van der Waals surface area contributed by atoms with Crippen molar-refractivity contribution < 1.29 is 14.3 Å². The molecule has 0 saturated carbocycles. The summed E-state index contributed by atoms with van der Waals surface area (Å²) in [5, 5.41) is 0. The Labute approximate surface area is 159 Å². The first-order valence-corrected chi connectivity index (χ1v) is 9.54. The molecule has 2 aromatic rings. The predicted molar refractivity (Wildman–Crippen MR) is 100 cm³/mol. The number of hydrogen-bond donors (Lipinski definition) is 0. The van der Waals surface area contributed by atoms with Crippen molar-refractivity contribution in [1.29, 1.82) is 0 Å². The van der Waals surface area contributed by atoms with Gasteiger partial charge in [0, 0.05) is 44.1 Å². The van der Waals surface area contributed by atoms with Gasteiger partial charge in [-0.3, -0.25) is 4.79 Å². The van der Waals surface area contributed by atoms with Crippen LogP contribution in [0.2, 0.25) is 0 Å². The lowest BCUT2D eigenvalue weighted by atomic mass is 9.98. The minimum absolute atomic E-state index is 0.0794. The van der Waals surface area contributed by atoms with E-state index in [1.165, 1.54) is 11.1 Å². The molecule has 0 spiro atoms. The van der Waals surface area contributed by atoms with E-state index in [0.717, 1.165) is 18.5 Å². The Morgan fingerprint density at radius 3 is 2.63 bits per heavy atom. The first kappa shape index (κ1) is 17.9. The summed E-state index contributed by atoms with van der Waals surface area (Å²) in [6.45, 7) is 5.69. The van der Waals surface area contributed by atoms with Crippen LogP contribution in [0.4, 0.5) is 0 Å². The zero-order valence-electron chi connectivity index (χ0n) is 15.9. The van der Waals surface area contributed by atoms with Gasteiger partial charge in [-0.15, -0.1) is 0 Å². The molecule has 1 aromatic heterocycles. The molecule has 1 aromatic carbocycles. The monoisotopic (exact) mass is 367 g/mol. The lowest BCUT2D eigenvalue weighted by Crippen LogP contribution is -2.48. The Morgan fingerprint density at radius 1 is 1.15 bits per heavy atom. The van der Waals surface area contributed by atoms with Crippen LogP contribution in [0.25, 0.3) is 0 Å². The topological polar surface area (TPSA) is 64.5 Å². The number of aryl methyl sites for hydroxylation is 2. The highest BCUT2D eigenvalue weighted by atomic mass is 16.5. The predicted octanol–water partition coefficient (Wildman–Crippen LogP) is 2.60. The molecule has 0 N–H and O–H groups in total. The van der Waals surface area contributed by atoms with E-state index in [2.05, 4.69) is 22.1 Å². The second-order valence-corrected chi connectivity index (χ2v) is 7.31. The van der Waals surface area contributed by atoms with Gasteiger partial charge in [0.15, 0.2) is 0 Å². The zero-order valence-corrected chi connectivity index (χ0v) is 15.9. The molecule has 4 rings (SSSR count). The SMILES string of the molecule is Cc1cc(OC2CCN(C(=O)[C@H]3Cc4ccccc4CO3)CC2)nc(C)n1. The molecule has 27 heavy (non-hydrogen) atoms. The van der Waals surface area contributed by atoms with Gasteiger partial charge in [-0.25, -0.2) is 4.98 Å². The van der Waals surface area contributed by atoms with Gasteiger partial charge < -0.3 is 14.4 Å². The molecule has 6 nitrogen and oxygen atoms in total. The Balaban J connectivity index is 1.32. The fourth-order valence-corrected chi connectivity index (χ4v) is 3.82. The highest BCUT2D eigenvalue weighted by Gasteiger charge is 2.32. The molecule has 2 aliphatic heterocycles. The van der Waals surface area contributed by atoms with Crippen LogP contribution in [-0.2, 0) is 22.6 Å². The Kier molecular flexibility index (Phi) is 5.07. The largest absolute Gasteiger partial charge is 0.474 e. The van der Waals surface area contributed by atoms with E-state index >= 15 is 0 Å². The number of ether oxygens (including phenoxy) is 2. The van der Waals surface area contributed by atoms with Gasteiger partial charge in [0.05, 0.1) is 6.61 Å². The fraction of sp³-hybridized carbons (Fsp3) is 0.476. The maximum Gasteiger partial charge on any atom is 0.252 e. The molecule has 1 saturated heterocycles. The van der Waals surface area contributed by atoms with E-state index in [-0.39, 0.29) is 18.1 Å². The first-order chi connectivity index (χ1) is 13.1. The van der Waals surface area contributed by atoms with Crippen molar-refractivity contribution in [3.8, 4) is 5.88 Å². The summed E-state index contributed by atoms with van der Waals surface area (Å²) in [5.74, 6) is 1.43. The van der Waals surface area contributed by atoms with Gasteiger partial charge in [0.2, 0.25) is 5.88 Å². The van der Waals surface area contributed by atoms with Crippen LogP contribution < -0.4 is 4.74 Å². The molecule has 1 fully saturated rings. The number of rotatable bonds is 3. The van der Waals surface area contributed by atoms with Crippen molar-refractivity contribution in [2.24, 2.45) is 0 Å². The highest BCUT2D eigenvalue weighted by molar-refractivity contribution is 5.81. The van der Waals surface area contributed by atoms with Gasteiger partial charge in [0.1, 0.15) is 18.0 Å². The number of fused-ring (bicyclic) bond motifs is 1. The van der Waals surface area contributed by atoms with E-state index in [0.29, 0.717) is 37.8 Å². The number of nitrogens with zero attached hydrogens (tertiary/aromatic N) is 3. The highest BCUT2D eigenvalue weighted by Crippen LogP contribution is 2.24. The van der Waals surface area contributed by atoms with Gasteiger partial charge in [-0.05, 0) is 25.0 Å². The van der Waals surface area contributed by atoms with Crippen molar-refractivity contribution in [3.63, 3.8) is 0 Å². The molecular formula is C21H25N3O3. The van der Waals surface area contributed by atoms with E-state index in [4.69, 9.17) is 9.47 Å². The summed E-state index contributed by atoms with van der Waals surface area (Å²) < 4.78 is 11.8.